The third-order valence-electron chi connectivity index (χ3n) is 3.98. The molecule has 2 rings (SSSR count). The highest BCUT2D eigenvalue weighted by Crippen LogP contribution is 2.20. The third kappa shape index (κ3) is 4.46. The molecule has 0 radical (unpaired) electrons. The van der Waals surface area contributed by atoms with E-state index in [1.54, 1.807) is 0 Å². The molecule has 0 aromatic heterocycles. The SMILES string of the molecule is CCCN1CCCC(OC(=O)Nc2c(C)cccc2C)C1. The highest BCUT2D eigenvalue weighted by atomic mass is 16.6. The number of nitrogens with one attached hydrogen (secondary N) is 1. The molecule has 4 nitrogen and oxygen atoms in total. The quantitative estimate of drug-likeness (QED) is 0.918. The number of likely N-dealkylation sites (tertiary alicyclic amines) is 1. The van der Waals surface area contributed by atoms with Crippen LogP contribution in [0.25, 0.3) is 0 Å². The molecule has 0 aliphatic carbocycles. The monoisotopic (exact) mass is 290 g/mol. The van der Waals surface area contributed by atoms with Gasteiger partial charge in [0, 0.05) is 12.2 Å². The number of hydrogen-bond acceptors (Lipinski definition) is 3. The second kappa shape index (κ2) is 7.46. The van der Waals surface area contributed by atoms with Crippen molar-refractivity contribution >= 4 is 11.8 Å². The Hall–Kier alpha value is -1.55. The minimum Gasteiger partial charge on any atom is -0.445 e. The van der Waals surface area contributed by atoms with Crippen LogP contribution in [-0.4, -0.2) is 36.7 Å². The van der Waals surface area contributed by atoms with Crippen molar-refractivity contribution in [3.05, 3.63) is 29.3 Å². The molecule has 1 aliphatic rings. The van der Waals surface area contributed by atoms with Crippen molar-refractivity contribution in [1.82, 2.24) is 4.90 Å². The van der Waals surface area contributed by atoms with E-state index in [9.17, 15) is 4.79 Å². The number of ether oxygens (including phenoxy) is 1. The average Bonchev–Trinajstić information content (AvgIpc) is 2.44. The van der Waals surface area contributed by atoms with E-state index in [0.717, 1.165) is 55.7 Å². The molecule has 0 saturated carbocycles. The van der Waals surface area contributed by atoms with Gasteiger partial charge in [-0.05, 0) is 57.3 Å². The summed E-state index contributed by atoms with van der Waals surface area (Å²) in [5.74, 6) is 0. The molecule has 116 valence electrons. The Morgan fingerprint density at radius 1 is 1.38 bits per heavy atom. The predicted molar refractivity (Wildman–Crippen MR) is 85.8 cm³/mol. The Kier molecular flexibility index (Phi) is 5.62. The van der Waals surface area contributed by atoms with E-state index in [4.69, 9.17) is 4.74 Å². The molecule has 1 N–H and O–H groups in total. The van der Waals surface area contributed by atoms with Crippen LogP contribution in [0.2, 0.25) is 0 Å². The second-order valence-electron chi connectivity index (χ2n) is 5.86. The van der Waals surface area contributed by atoms with Gasteiger partial charge in [-0.15, -0.1) is 0 Å². The summed E-state index contributed by atoms with van der Waals surface area (Å²) in [5.41, 5.74) is 2.98. The molecule has 21 heavy (non-hydrogen) atoms. The number of piperidine rings is 1. The summed E-state index contributed by atoms with van der Waals surface area (Å²) >= 11 is 0. The van der Waals surface area contributed by atoms with Crippen molar-refractivity contribution in [2.45, 2.75) is 46.1 Å². The lowest BCUT2D eigenvalue weighted by atomic mass is 10.1. The van der Waals surface area contributed by atoms with Gasteiger partial charge in [-0.2, -0.15) is 0 Å². The fourth-order valence-corrected chi connectivity index (χ4v) is 2.92. The third-order valence-corrected chi connectivity index (χ3v) is 3.98. The molecule has 0 bridgehead atoms. The van der Waals surface area contributed by atoms with E-state index in [0.29, 0.717) is 0 Å². The largest absolute Gasteiger partial charge is 0.445 e. The van der Waals surface area contributed by atoms with Crippen molar-refractivity contribution in [3.63, 3.8) is 0 Å². The minimum atomic E-state index is -0.337. The first-order chi connectivity index (χ1) is 10.1. The van der Waals surface area contributed by atoms with Crippen molar-refractivity contribution in [1.29, 1.82) is 0 Å². The van der Waals surface area contributed by atoms with Gasteiger partial charge in [0.05, 0.1) is 0 Å². The molecule has 1 saturated heterocycles. The molecule has 1 fully saturated rings. The molecule has 1 aromatic rings. The van der Waals surface area contributed by atoms with Crippen LogP contribution >= 0.6 is 0 Å². The fraction of sp³-hybridized carbons (Fsp3) is 0.588. The van der Waals surface area contributed by atoms with Crippen LogP contribution < -0.4 is 5.32 Å². The van der Waals surface area contributed by atoms with Crippen molar-refractivity contribution in [2.24, 2.45) is 0 Å². The number of para-hydroxylation sites is 1. The minimum absolute atomic E-state index is 0.00891. The van der Waals surface area contributed by atoms with Crippen LogP contribution in [0.4, 0.5) is 10.5 Å². The molecule has 1 amide bonds. The number of carbonyl (C=O) groups excluding carboxylic acids is 1. The number of carbonyl (C=O) groups is 1. The zero-order valence-electron chi connectivity index (χ0n) is 13.3. The fourth-order valence-electron chi connectivity index (χ4n) is 2.92. The van der Waals surface area contributed by atoms with Crippen LogP contribution in [0, 0.1) is 13.8 Å². The Labute approximate surface area is 127 Å². The molecule has 0 spiro atoms. The van der Waals surface area contributed by atoms with Crippen LogP contribution in [0.15, 0.2) is 18.2 Å². The number of amides is 1. The van der Waals surface area contributed by atoms with Crippen molar-refractivity contribution < 1.29 is 9.53 Å². The molecular formula is C17H26N2O2. The first-order valence-corrected chi connectivity index (χ1v) is 7.86. The summed E-state index contributed by atoms with van der Waals surface area (Å²) in [6, 6.07) is 5.98. The average molecular weight is 290 g/mol. The van der Waals surface area contributed by atoms with Gasteiger partial charge < -0.3 is 4.74 Å². The maximum Gasteiger partial charge on any atom is 0.411 e. The van der Waals surface area contributed by atoms with E-state index in [2.05, 4.69) is 17.1 Å². The smallest absolute Gasteiger partial charge is 0.411 e. The second-order valence-corrected chi connectivity index (χ2v) is 5.86. The van der Waals surface area contributed by atoms with Crippen molar-refractivity contribution in [2.75, 3.05) is 25.0 Å². The lowest BCUT2D eigenvalue weighted by molar-refractivity contribution is 0.0500. The van der Waals surface area contributed by atoms with Gasteiger partial charge in [0.1, 0.15) is 6.10 Å². The number of anilines is 1. The number of nitrogens with zero attached hydrogens (tertiary/aromatic N) is 1. The maximum atomic E-state index is 12.1. The van der Waals surface area contributed by atoms with Gasteiger partial charge in [-0.1, -0.05) is 25.1 Å². The number of rotatable bonds is 4. The normalized spacial score (nSPS) is 19.3. The summed E-state index contributed by atoms with van der Waals surface area (Å²) < 4.78 is 5.59. The molecule has 1 aliphatic heterocycles. The number of benzene rings is 1. The first kappa shape index (κ1) is 15.8. The molecule has 1 atom stereocenters. The summed E-state index contributed by atoms with van der Waals surface area (Å²) in [6.07, 6.45) is 2.87. The standard InChI is InChI=1S/C17H26N2O2/c1-4-10-19-11-6-9-15(12-19)21-17(20)18-16-13(2)7-5-8-14(16)3/h5,7-8,15H,4,6,9-12H2,1-3H3,(H,18,20). The van der Waals surface area contributed by atoms with Crippen LogP contribution in [0.3, 0.4) is 0 Å². The summed E-state index contributed by atoms with van der Waals surface area (Å²) in [7, 11) is 0. The zero-order valence-corrected chi connectivity index (χ0v) is 13.3. The Morgan fingerprint density at radius 3 is 2.76 bits per heavy atom. The van der Waals surface area contributed by atoms with Crippen LogP contribution in [0.1, 0.15) is 37.3 Å². The van der Waals surface area contributed by atoms with E-state index < -0.39 is 0 Å². The van der Waals surface area contributed by atoms with E-state index in [-0.39, 0.29) is 12.2 Å². The number of hydrogen-bond donors (Lipinski definition) is 1. The molecule has 1 heterocycles. The lowest BCUT2D eigenvalue weighted by Crippen LogP contribution is -2.41. The Bertz CT molecular complexity index is 465. The Balaban J connectivity index is 1.89. The van der Waals surface area contributed by atoms with Crippen molar-refractivity contribution in [3.8, 4) is 0 Å². The Morgan fingerprint density at radius 2 is 2.10 bits per heavy atom. The summed E-state index contributed by atoms with van der Waals surface area (Å²) in [4.78, 5) is 14.5. The molecule has 1 unspecified atom stereocenters. The van der Waals surface area contributed by atoms with Gasteiger partial charge in [-0.25, -0.2) is 4.79 Å². The van der Waals surface area contributed by atoms with E-state index >= 15 is 0 Å². The highest BCUT2D eigenvalue weighted by molar-refractivity contribution is 5.86. The van der Waals surface area contributed by atoms with E-state index in [1.807, 2.05) is 32.0 Å². The van der Waals surface area contributed by atoms with Crippen LogP contribution in [-0.2, 0) is 4.74 Å². The van der Waals surface area contributed by atoms with Gasteiger partial charge >= 0.3 is 6.09 Å². The molecular weight excluding hydrogens is 264 g/mol. The van der Waals surface area contributed by atoms with Gasteiger partial charge in [-0.3, -0.25) is 10.2 Å². The topological polar surface area (TPSA) is 41.6 Å². The van der Waals surface area contributed by atoms with Gasteiger partial charge in [0.2, 0.25) is 0 Å². The zero-order chi connectivity index (χ0) is 15.2. The van der Waals surface area contributed by atoms with Gasteiger partial charge in [0.15, 0.2) is 0 Å². The molecule has 4 heteroatoms. The highest BCUT2D eigenvalue weighted by Gasteiger charge is 2.22. The van der Waals surface area contributed by atoms with E-state index in [1.165, 1.54) is 0 Å². The lowest BCUT2D eigenvalue weighted by Gasteiger charge is -2.32. The molecule has 1 aromatic carbocycles. The maximum absolute atomic E-state index is 12.1. The number of aryl methyl sites for hydroxylation is 2. The summed E-state index contributed by atoms with van der Waals surface area (Å²) in [5, 5.41) is 2.89. The van der Waals surface area contributed by atoms with Crippen LogP contribution in [0.5, 0.6) is 0 Å². The predicted octanol–water partition coefficient (Wildman–Crippen LogP) is 3.73. The summed E-state index contributed by atoms with van der Waals surface area (Å²) in [6.45, 7) is 9.22. The first-order valence-electron chi connectivity index (χ1n) is 7.86. The van der Waals surface area contributed by atoms with Gasteiger partial charge in [0.25, 0.3) is 0 Å².